The van der Waals surface area contributed by atoms with Crippen molar-refractivity contribution < 1.29 is 28.5 Å². The van der Waals surface area contributed by atoms with Gasteiger partial charge in [-0.25, -0.2) is 0 Å². The van der Waals surface area contributed by atoms with Crippen LogP contribution in [-0.4, -0.2) is 39.8 Å². The molecule has 3 rings (SSSR count). The number of carbonyl (C=O) groups is 2. The average molecular weight is 391 g/mol. The fourth-order valence-electron chi connectivity index (χ4n) is 4.53. The maximum Gasteiger partial charge on any atom is 0.306 e. The molecule has 7 heteroatoms. The number of hydrogen-bond acceptors (Lipinski definition) is 6. The third-order valence-corrected chi connectivity index (χ3v) is 5.89. The smallest absolute Gasteiger partial charge is 0.306 e. The Kier molecular flexibility index (Phi) is 6.65. The maximum atomic E-state index is 12.0. The van der Waals surface area contributed by atoms with Crippen LogP contribution in [0.5, 0.6) is 17.2 Å². The van der Waals surface area contributed by atoms with E-state index in [4.69, 9.17) is 18.9 Å². The Hall–Kier alpha value is -2.44. The Balaban J connectivity index is 1.44. The van der Waals surface area contributed by atoms with Crippen LogP contribution in [0.4, 0.5) is 0 Å². The van der Waals surface area contributed by atoms with Gasteiger partial charge in [-0.3, -0.25) is 9.59 Å². The summed E-state index contributed by atoms with van der Waals surface area (Å²) in [7, 11) is 4.61. The van der Waals surface area contributed by atoms with Crippen LogP contribution in [0.25, 0.3) is 0 Å². The minimum Gasteiger partial charge on any atom is -0.493 e. The standard InChI is InChI=1S/C21H29NO6/c1-25-17-8-14(9-18(26-2)21(17)27-3)11-22-19(23)12-28-20(24)10-16-7-13-4-5-15(16)6-13/h8-9,13,15-16H,4-7,10-12H2,1-3H3,(H,22,23)/t13-,15-,16+/m1/s1. The van der Waals surface area contributed by atoms with E-state index < -0.39 is 0 Å². The van der Waals surface area contributed by atoms with Crippen LogP contribution in [0.2, 0.25) is 0 Å². The van der Waals surface area contributed by atoms with Crippen molar-refractivity contribution in [3.63, 3.8) is 0 Å². The Morgan fingerprint density at radius 1 is 1.04 bits per heavy atom. The molecule has 2 fully saturated rings. The molecule has 1 aromatic rings. The number of hydrogen-bond donors (Lipinski definition) is 1. The van der Waals surface area contributed by atoms with E-state index in [1.807, 2.05) is 0 Å². The topological polar surface area (TPSA) is 83.1 Å². The highest BCUT2D eigenvalue weighted by atomic mass is 16.5. The van der Waals surface area contributed by atoms with E-state index in [9.17, 15) is 9.59 Å². The predicted octanol–water partition coefficient (Wildman–Crippen LogP) is 2.70. The Morgan fingerprint density at radius 3 is 2.29 bits per heavy atom. The molecule has 0 spiro atoms. The molecule has 0 aromatic heterocycles. The number of rotatable bonds is 9. The van der Waals surface area contributed by atoms with Crippen molar-refractivity contribution in [2.45, 2.75) is 38.6 Å². The first-order valence-corrected chi connectivity index (χ1v) is 9.75. The van der Waals surface area contributed by atoms with E-state index in [-0.39, 0.29) is 25.0 Å². The molecule has 2 bridgehead atoms. The Morgan fingerprint density at radius 2 is 1.75 bits per heavy atom. The first-order chi connectivity index (χ1) is 13.5. The lowest BCUT2D eigenvalue weighted by Crippen LogP contribution is -2.29. The molecule has 0 saturated heterocycles. The van der Waals surface area contributed by atoms with Crippen LogP contribution in [0, 0.1) is 17.8 Å². The van der Waals surface area contributed by atoms with E-state index >= 15 is 0 Å². The second-order valence-corrected chi connectivity index (χ2v) is 7.61. The quantitative estimate of drug-likeness (QED) is 0.652. The summed E-state index contributed by atoms with van der Waals surface area (Å²) >= 11 is 0. The predicted molar refractivity (Wildman–Crippen MR) is 102 cm³/mol. The van der Waals surface area contributed by atoms with Gasteiger partial charge in [0.1, 0.15) is 0 Å². The van der Waals surface area contributed by atoms with Gasteiger partial charge >= 0.3 is 5.97 Å². The summed E-state index contributed by atoms with van der Waals surface area (Å²) in [5.41, 5.74) is 0.788. The lowest BCUT2D eigenvalue weighted by molar-refractivity contribution is -0.149. The summed E-state index contributed by atoms with van der Waals surface area (Å²) < 4.78 is 21.1. The first-order valence-electron chi connectivity index (χ1n) is 9.75. The van der Waals surface area contributed by atoms with E-state index in [1.165, 1.54) is 40.6 Å². The van der Waals surface area contributed by atoms with Gasteiger partial charge < -0.3 is 24.3 Å². The number of methoxy groups -OCH3 is 3. The molecular weight excluding hydrogens is 362 g/mol. The van der Waals surface area contributed by atoms with Crippen LogP contribution in [0.3, 0.4) is 0 Å². The minimum atomic E-state index is -0.338. The summed E-state index contributed by atoms with van der Waals surface area (Å²) in [5.74, 6) is 2.82. The summed E-state index contributed by atoms with van der Waals surface area (Å²) in [6.07, 6.45) is 5.36. The van der Waals surface area contributed by atoms with Gasteiger partial charge in [-0.15, -0.1) is 0 Å². The maximum absolute atomic E-state index is 12.0. The minimum absolute atomic E-state index is 0.260. The van der Waals surface area contributed by atoms with Crippen LogP contribution in [0.15, 0.2) is 12.1 Å². The molecule has 0 radical (unpaired) electrons. The van der Waals surface area contributed by atoms with E-state index in [0.29, 0.717) is 35.5 Å². The molecule has 1 amide bonds. The third-order valence-electron chi connectivity index (χ3n) is 5.89. The summed E-state index contributed by atoms with van der Waals surface area (Å²) in [6.45, 7) is 0.00352. The number of benzene rings is 1. The molecule has 0 heterocycles. The molecule has 2 aliphatic carbocycles. The van der Waals surface area contributed by atoms with Gasteiger partial charge in [0.2, 0.25) is 5.75 Å². The largest absolute Gasteiger partial charge is 0.493 e. The molecule has 154 valence electrons. The third kappa shape index (κ3) is 4.69. The zero-order valence-electron chi connectivity index (χ0n) is 16.8. The van der Waals surface area contributed by atoms with Crippen LogP contribution in [0.1, 0.15) is 37.7 Å². The van der Waals surface area contributed by atoms with Gasteiger partial charge in [-0.2, -0.15) is 0 Å². The first kappa shape index (κ1) is 20.3. The molecule has 3 atom stereocenters. The number of ether oxygens (including phenoxy) is 4. The molecule has 1 aromatic carbocycles. The normalized spacial score (nSPS) is 22.6. The second-order valence-electron chi connectivity index (χ2n) is 7.61. The van der Waals surface area contributed by atoms with Crippen molar-refractivity contribution in [1.82, 2.24) is 5.32 Å². The molecule has 28 heavy (non-hydrogen) atoms. The van der Waals surface area contributed by atoms with Crippen molar-refractivity contribution in [3.05, 3.63) is 17.7 Å². The van der Waals surface area contributed by atoms with Gasteiger partial charge in [0.05, 0.1) is 21.3 Å². The monoisotopic (exact) mass is 391 g/mol. The highest BCUT2D eigenvalue weighted by Crippen LogP contribution is 2.49. The lowest BCUT2D eigenvalue weighted by atomic mass is 9.86. The molecule has 7 nitrogen and oxygen atoms in total. The van der Waals surface area contributed by atoms with Gasteiger partial charge in [0, 0.05) is 13.0 Å². The highest BCUT2D eigenvalue weighted by Gasteiger charge is 2.40. The van der Waals surface area contributed by atoms with Crippen molar-refractivity contribution in [1.29, 1.82) is 0 Å². The van der Waals surface area contributed by atoms with Crippen molar-refractivity contribution in [2.24, 2.45) is 17.8 Å². The number of esters is 1. The Labute approximate surface area is 165 Å². The molecule has 2 aliphatic rings. The van der Waals surface area contributed by atoms with E-state index in [0.717, 1.165) is 17.9 Å². The van der Waals surface area contributed by atoms with Gasteiger partial charge in [0.25, 0.3) is 5.91 Å². The van der Waals surface area contributed by atoms with Crippen molar-refractivity contribution >= 4 is 11.9 Å². The molecule has 2 saturated carbocycles. The van der Waals surface area contributed by atoms with Crippen molar-refractivity contribution in [3.8, 4) is 17.2 Å². The number of fused-ring (bicyclic) bond motifs is 2. The molecule has 0 unspecified atom stereocenters. The fourth-order valence-corrected chi connectivity index (χ4v) is 4.53. The average Bonchev–Trinajstić information content (AvgIpc) is 3.32. The zero-order valence-corrected chi connectivity index (χ0v) is 16.8. The van der Waals surface area contributed by atoms with Crippen LogP contribution >= 0.6 is 0 Å². The number of carbonyl (C=O) groups excluding carboxylic acids is 2. The van der Waals surface area contributed by atoms with Gasteiger partial charge in [-0.1, -0.05) is 6.42 Å². The van der Waals surface area contributed by atoms with Gasteiger partial charge in [0.15, 0.2) is 18.1 Å². The Bertz CT molecular complexity index is 694. The van der Waals surface area contributed by atoms with Crippen molar-refractivity contribution in [2.75, 3.05) is 27.9 Å². The summed E-state index contributed by atoms with van der Waals surface area (Å²) in [4.78, 5) is 24.1. The number of nitrogens with one attached hydrogen (secondary N) is 1. The zero-order chi connectivity index (χ0) is 20.1. The highest BCUT2D eigenvalue weighted by molar-refractivity contribution is 5.80. The van der Waals surface area contributed by atoms with E-state index in [1.54, 1.807) is 12.1 Å². The summed E-state index contributed by atoms with van der Waals surface area (Å²) in [6, 6.07) is 3.53. The fraction of sp³-hybridized carbons (Fsp3) is 0.619. The number of amides is 1. The SMILES string of the molecule is COc1cc(CNC(=O)COC(=O)C[C@@H]2C[C@@H]3CC[C@@H]2C3)cc(OC)c1OC. The molecule has 0 aliphatic heterocycles. The second kappa shape index (κ2) is 9.17. The molecule has 1 N–H and O–H groups in total. The van der Waals surface area contributed by atoms with E-state index in [2.05, 4.69) is 5.32 Å². The molecular formula is C21H29NO6. The lowest BCUT2D eigenvalue weighted by Gasteiger charge is -2.20. The van der Waals surface area contributed by atoms with Gasteiger partial charge in [-0.05, 0) is 54.7 Å². The van der Waals surface area contributed by atoms with Crippen LogP contribution in [-0.2, 0) is 20.9 Å². The summed E-state index contributed by atoms with van der Waals surface area (Å²) in [5, 5.41) is 2.75. The van der Waals surface area contributed by atoms with Crippen LogP contribution < -0.4 is 19.5 Å².